The van der Waals surface area contributed by atoms with Crippen molar-refractivity contribution in [2.75, 3.05) is 26.1 Å². The molecule has 0 saturated heterocycles. The van der Waals surface area contributed by atoms with E-state index < -0.39 is 10.0 Å². The Bertz CT molecular complexity index is 326. The summed E-state index contributed by atoms with van der Waals surface area (Å²) >= 11 is 0. The lowest BCUT2D eigenvalue weighted by Crippen LogP contribution is -2.49. The van der Waals surface area contributed by atoms with Gasteiger partial charge in [-0.3, -0.25) is 9.62 Å². The molecule has 15 heavy (non-hydrogen) atoms. The zero-order valence-corrected chi connectivity index (χ0v) is 9.97. The lowest BCUT2D eigenvalue weighted by molar-refractivity contribution is 0.322. The van der Waals surface area contributed by atoms with Gasteiger partial charge in [-0.1, -0.05) is 13.3 Å². The SMILES string of the molecule is CCCCS(=O)(=O)NC1=NCN(C)CN1. The van der Waals surface area contributed by atoms with Crippen LogP contribution in [0.15, 0.2) is 4.99 Å². The highest BCUT2D eigenvalue weighted by atomic mass is 32.2. The van der Waals surface area contributed by atoms with Gasteiger partial charge < -0.3 is 5.32 Å². The molecule has 0 radical (unpaired) electrons. The van der Waals surface area contributed by atoms with Crippen LogP contribution in [0.5, 0.6) is 0 Å². The number of aliphatic imine (C=N–C) groups is 1. The van der Waals surface area contributed by atoms with Gasteiger partial charge >= 0.3 is 0 Å². The molecule has 1 aliphatic rings. The van der Waals surface area contributed by atoms with Gasteiger partial charge in [0.25, 0.3) is 0 Å². The molecule has 1 rings (SSSR count). The molecule has 0 saturated carbocycles. The van der Waals surface area contributed by atoms with E-state index >= 15 is 0 Å². The molecule has 0 aliphatic carbocycles. The summed E-state index contributed by atoms with van der Waals surface area (Å²) < 4.78 is 25.4. The van der Waals surface area contributed by atoms with Crippen molar-refractivity contribution in [1.29, 1.82) is 0 Å². The van der Waals surface area contributed by atoms with Crippen LogP contribution in [0.4, 0.5) is 0 Å². The zero-order valence-electron chi connectivity index (χ0n) is 9.15. The first kappa shape index (κ1) is 12.3. The fraction of sp³-hybridized carbons (Fsp3) is 0.875. The minimum Gasteiger partial charge on any atom is -0.343 e. The van der Waals surface area contributed by atoms with Crippen LogP contribution in [0, 0.1) is 0 Å². The third kappa shape index (κ3) is 4.48. The maximum Gasteiger partial charge on any atom is 0.234 e. The van der Waals surface area contributed by atoms with E-state index in [9.17, 15) is 8.42 Å². The van der Waals surface area contributed by atoms with E-state index in [1.54, 1.807) is 0 Å². The van der Waals surface area contributed by atoms with Gasteiger partial charge in [-0.05, 0) is 13.5 Å². The molecule has 6 nitrogen and oxygen atoms in total. The van der Waals surface area contributed by atoms with Crippen molar-refractivity contribution in [1.82, 2.24) is 14.9 Å². The van der Waals surface area contributed by atoms with E-state index in [-0.39, 0.29) is 5.75 Å². The number of guanidine groups is 1. The van der Waals surface area contributed by atoms with Crippen LogP contribution < -0.4 is 10.0 Å². The highest BCUT2D eigenvalue weighted by molar-refractivity contribution is 7.90. The molecule has 0 spiro atoms. The molecule has 7 heteroatoms. The fourth-order valence-electron chi connectivity index (χ4n) is 1.11. The molecule has 0 amide bonds. The molecule has 0 bridgehead atoms. The number of rotatable bonds is 4. The van der Waals surface area contributed by atoms with Gasteiger partial charge in [0.2, 0.25) is 16.0 Å². The molecule has 0 aromatic rings. The molecule has 0 aromatic heterocycles. The summed E-state index contributed by atoms with van der Waals surface area (Å²) in [6, 6.07) is 0. The molecule has 0 aromatic carbocycles. The van der Waals surface area contributed by atoms with E-state index in [4.69, 9.17) is 0 Å². The van der Waals surface area contributed by atoms with Gasteiger partial charge in [-0.2, -0.15) is 0 Å². The molecule has 0 atom stereocenters. The molecule has 2 N–H and O–H groups in total. The quantitative estimate of drug-likeness (QED) is 0.688. The number of hydrogen-bond donors (Lipinski definition) is 2. The second-order valence-electron chi connectivity index (χ2n) is 3.61. The van der Waals surface area contributed by atoms with Crippen LogP contribution in [0.2, 0.25) is 0 Å². The molecule has 1 heterocycles. The highest BCUT2D eigenvalue weighted by Crippen LogP contribution is 1.95. The number of nitrogens with one attached hydrogen (secondary N) is 2. The Labute approximate surface area is 90.8 Å². The van der Waals surface area contributed by atoms with Crippen molar-refractivity contribution >= 4 is 16.0 Å². The van der Waals surface area contributed by atoms with Crippen LogP contribution in [0.25, 0.3) is 0 Å². The Morgan fingerprint density at radius 2 is 2.33 bits per heavy atom. The lowest BCUT2D eigenvalue weighted by atomic mass is 10.4. The third-order valence-corrected chi connectivity index (χ3v) is 3.34. The summed E-state index contributed by atoms with van der Waals surface area (Å²) in [5.74, 6) is 0.504. The first-order valence-corrected chi connectivity index (χ1v) is 6.66. The van der Waals surface area contributed by atoms with E-state index in [1.807, 2.05) is 18.9 Å². The average molecular weight is 234 g/mol. The minimum atomic E-state index is -3.22. The van der Waals surface area contributed by atoms with Crippen molar-refractivity contribution in [3.63, 3.8) is 0 Å². The van der Waals surface area contributed by atoms with Gasteiger partial charge in [-0.25, -0.2) is 13.4 Å². The summed E-state index contributed by atoms with van der Waals surface area (Å²) in [5.41, 5.74) is 0. The maximum absolute atomic E-state index is 11.5. The predicted molar refractivity (Wildman–Crippen MR) is 59.9 cm³/mol. The monoisotopic (exact) mass is 234 g/mol. The van der Waals surface area contributed by atoms with Gasteiger partial charge in [0, 0.05) is 0 Å². The first-order chi connectivity index (χ1) is 7.03. The van der Waals surface area contributed by atoms with Gasteiger partial charge in [0.1, 0.15) is 0 Å². The second kappa shape index (κ2) is 5.32. The molecular formula is C8H18N4O2S. The van der Waals surface area contributed by atoms with Crippen molar-refractivity contribution in [2.24, 2.45) is 4.99 Å². The lowest BCUT2D eigenvalue weighted by Gasteiger charge is -2.23. The molecule has 0 unspecified atom stereocenters. The molecule has 0 fully saturated rings. The number of hydrogen-bond acceptors (Lipinski definition) is 5. The summed E-state index contributed by atoms with van der Waals surface area (Å²) in [7, 11) is -1.32. The summed E-state index contributed by atoms with van der Waals surface area (Å²) in [6.45, 7) is 3.08. The topological polar surface area (TPSA) is 73.8 Å². The largest absolute Gasteiger partial charge is 0.343 e. The Morgan fingerprint density at radius 1 is 1.60 bits per heavy atom. The molecule has 1 aliphatic heterocycles. The third-order valence-electron chi connectivity index (χ3n) is 2.01. The Balaban J connectivity index is 2.47. The van der Waals surface area contributed by atoms with Crippen LogP contribution in [-0.4, -0.2) is 45.4 Å². The van der Waals surface area contributed by atoms with Gasteiger partial charge in [-0.15, -0.1) is 0 Å². The Morgan fingerprint density at radius 3 is 2.87 bits per heavy atom. The summed E-state index contributed by atoms with van der Waals surface area (Å²) in [6.07, 6.45) is 1.53. The van der Waals surface area contributed by atoms with Crippen LogP contribution >= 0.6 is 0 Å². The van der Waals surface area contributed by atoms with E-state index in [1.165, 1.54) is 0 Å². The fourth-order valence-corrected chi connectivity index (χ4v) is 2.31. The Hall–Kier alpha value is -0.820. The van der Waals surface area contributed by atoms with Gasteiger partial charge in [0.05, 0.1) is 19.1 Å². The standard InChI is InChI=1S/C8H18N4O2S/c1-3-4-5-15(13,14)11-8-9-6-12(2)7-10-8/h3-7H2,1-2H3,(H2,9,10,11). The van der Waals surface area contributed by atoms with E-state index in [0.717, 1.165) is 6.42 Å². The average Bonchev–Trinajstić information content (AvgIpc) is 2.18. The number of unbranched alkanes of at least 4 members (excludes halogenated alkanes) is 1. The highest BCUT2D eigenvalue weighted by Gasteiger charge is 2.14. The second-order valence-corrected chi connectivity index (χ2v) is 5.46. The minimum absolute atomic E-state index is 0.153. The molecule has 88 valence electrons. The van der Waals surface area contributed by atoms with Crippen molar-refractivity contribution < 1.29 is 8.42 Å². The normalized spacial score (nSPS) is 18.1. The van der Waals surface area contributed by atoms with Crippen LogP contribution in [0.1, 0.15) is 19.8 Å². The smallest absolute Gasteiger partial charge is 0.234 e. The van der Waals surface area contributed by atoms with Crippen molar-refractivity contribution in [3.8, 4) is 0 Å². The number of nitrogens with zero attached hydrogens (tertiary/aromatic N) is 2. The first-order valence-electron chi connectivity index (χ1n) is 5.01. The maximum atomic E-state index is 11.5. The van der Waals surface area contributed by atoms with Gasteiger partial charge in [0.15, 0.2) is 0 Å². The zero-order chi connectivity index (χ0) is 11.3. The van der Waals surface area contributed by atoms with Crippen LogP contribution in [0.3, 0.4) is 0 Å². The van der Waals surface area contributed by atoms with E-state index in [0.29, 0.717) is 25.7 Å². The molecular weight excluding hydrogens is 216 g/mol. The summed E-state index contributed by atoms with van der Waals surface area (Å²) in [4.78, 5) is 5.98. The summed E-state index contributed by atoms with van der Waals surface area (Å²) in [5, 5.41) is 2.89. The Kier molecular flexibility index (Phi) is 4.34. The van der Waals surface area contributed by atoms with Crippen LogP contribution in [-0.2, 0) is 10.0 Å². The van der Waals surface area contributed by atoms with E-state index in [2.05, 4.69) is 15.0 Å². The number of sulfonamides is 1. The predicted octanol–water partition coefficient (Wildman–Crippen LogP) is -0.488. The van der Waals surface area contributed by atoms with Crippen molar-refractivity contribution in [3.05, 3.63) is 0 Å². The van der Waals surface area contributed by atoms with Crippen molar-refractivity contribution in [2.45, 2.75) is 19.8 Å².